The lowest BCUT2D eigenvalue weighted by Crippen LogP contribution is -2.51. The Balaban J connectivity index is 0.962. The third kappa shape index (κ3) is 11.2. The van der Waals surface area contributed by atoms with Gasteiger partial charge in [0.15, 0.2) is 11.6 Å². The quantitative estimate of drug-likeness (QED) is 0.0819. The number of methoxy groups -OCH3 is 2. The number of ether oxygens (including phenoxy) is 2. The molecule has 4 aliphatic rings. The van der Waals surface area contributed by atoms with E-state index in [0.29, 0.717) is 75.1 Å². The maximum atomic E-state index is 17.0. The van der Waals surface area contributed by atoms with Crippen molar-refractivity contribution in [3.8, 4) is 0 Å². The lowest BCUT2D eigenvalue weighted by Gasteiger charge is -2.36. The highest BCUT2D eigenvalue weighted by Crippen LogP contribution is 2.50. The lowest BCUT2D eigenvalue weighted by atomic mass is 9.89. The number of carbonyl (C=O) groups is 4. The Morgan fingerprint density at radius 2 is 1.09 bits per heavy atom. The van der Waals surface area contributed by atoms with Crippen LogP contribution in [0.4, 0.5) is 29.7 Å². The number of amides is 4. The minimum Gasteiger partial charge on any atom is -0.453 e. The summed E-state index contributed by atoms with van der Waals surface area (Å²) in [5.41, 5.74) is 6.60. The van der Waals surface area contributed by atoms with Gasteiger partial charge in [-0.3, -0.25) is 9.59 Å². The van der Waals surface area contributed by atoms with Crippen LogP contribution >= 0.6 is 10.0 Å². The molecule has 6 aromatic rings. The molecule has 79 heavy (non-hydrogen) atoms. The highest BCUT2D eigenvalue weighted by Gasteiger charge is 2.41. The lowest BCUT2D eigenvalue weighted by molar-refractivity contribution is -0.136. The Morgan fingerprint density at radius 3 is 1.53 bits per heavy atom. The van der Waals surface area contributed by atoms with Gasteiger partial charge < -0.3 is 49.7 Å². The molecule has 422 valence electrons. The first kappa shape index (κ1) is 55.4. The number of hydrogen-bond donors (Lipinski definition) is 4. The van der Waals surface area contributed by atoms with E-state index in [2.05, 4.69) is 80.7 Å². The minimum absolute atomic E-state index is 0.000614. The standard InChI is InChI=1S/C60H76F2N10O6S/c1-34(2)52(67-59(75)77-5)57(73)70-25-11-15-50(70)55-63-44-19-17-38(30-46(44)65-55)48-21-22-49(39-18-20-45-47(31-39)66-56(64-45)51-16-12-26-71(51)58(74)53(35(3)4)68-60(76)78-6)72(48)40-32-42(61)54(43(62)33-40)69-27-23-36(24-28-69)37-13-10-14-41(29-37)79(7,8)9/h10,13-14,17-20,29-36,48-53H,11-12,15-16,21-28H2,1-9H3,(H,63,65)(H,64,66)(H,67,75)(H,68,76)/t48-,49-,50+,51+,52+,53+/m1/s1. The van der Waals surface area contributed by atoms with Crippen molar-refractivity contribution in [3.63, 3.8) is 0 Å². The van der Waals surface area contributed by atoms with Gasteiger partial charge in [-0.25, -0.2) is 38.4 Å². The highest BCUT2D eigenvalue weighted by atomic mass is 32.3. The monoisotopic (exact) mass is 1100 g/mol. The summed E-state index contributed by atoms with van der Waals surface area (Å²) in [4.78, 5) is 78.6. The van der Waals surface area contributed by atoms with Crippen LogP contribution in [-0.4, -0.2) is 125 Å². The molecule has 0 spiro atoms. The zero-order valence-electron chi connectivity index (χ0n) is 46.9. The fraction of sp³-hybridized carbons (Fsp3) is 0.500. The van der Waals surface area contributed by atoms with Crippen LogP contribution in [0.5, 0.6) is 0 Å². The fourth-order valence-corrected chi connectivity index (χ4v) is 13.6. The van der Waals surface area contributed by atoms with E-state index in [-0.39, 0.29) is 53.5 Å². The number of nitrogens with zero attached hydrogens (tertiary/aromatic N) is 6. The second-order valence-corrected chi connectivity index (χ2v) is 27.5. The number of rotatable bonds is 14. The molecule has 4 N–H and O–H groups in total. The number of imidazole rings is 2. The number of alkyl carbamates (subject to hydrolysis) is 2. The van der Waals surface area contributed by atoms with Crippen LogP contribution < -0.4 is 20.4 Å². The summed E-state index contributed by atoms with van der Waals surface area (Å²) in [6, 6.07) is 21.2. The van der Waals surface area contributed by atoms with Crippen LogP contribution in [0.15, 0.2) is 77.7 Å². The van der Waals surface area contributed by atoms with E-state index >= 15 is 8.78 Å². The predicted octanol–water partition coefficient (Wildman–Crippen LogP) is 11.3. The maximum Gasteiger partial charge on any atom is 0.407 e. The fourth-order valence-electron chi connectivity index (χ4n) is 12.6. The summed E-state index contributed by atoms with van der Waals surface area (Å²) < 4.78 is 43.7. The molecule has 6 atom stereocenters. The van der Waals surface area contributed by atoms with Crippen LogP contribution in [0.2, 0.25) is 0 Å². The Labute approximate surface area is 463 Å². The molecule has 2 aromatic heterocycles. The summed E-state index contributed by atoms with van der Waals surface area (Å²) in [6.45, 7) is 9.65. The Hall–Kier alpha value is -6.89. The molecule has 0 aliphatic carbocycles. The van der Waals surface area contributed by atoms with Crippen molar-refractivity contribution >= 4 is 67.5 Å². The number of hydrogen-bond acceptors (Lipinski definition) is 10. The Kier molecular flexibility index (Phi) is 15.9. The SMILES string of the molecule is COC(=O)N[C@H](C(=O)N1CCC[C@H]1c1nc2ccc([C@H]3CC[C@H](c4ccc5nc([C@@H]6CCCN6C(=O)[C@@H](NC(=O)OC)C(C)C)[nH]c5c4)N3c3cc(F)c(N4CCC(c5cccc(S(C)(C)C)c5)CC4)c(F)c3)cc2[nH]1)C(C)C. The van der Waals surface area contributed by atoms with Gasteiger partial charge >= 0.3 is 12.2 Å². The van der Waals surface area contributed by atoms with Crippen LogP contribution in [0.3, 0.4) is 0 Å². The van der Waals surface area contributed by atoms with Crippen molar-refractivity contribution in [3.05, 3.63) is 113 Å². The van der Waals surface area contributed by atoms with Crippen LogP contribution in [-0.2, 0) is 19.1 Å². The molecule has 4 aliphatic heterocycles. The van der Waals surface area contributed by atoms with E-state index in [0.717, 1.165) is 58.9 Å². The third-order valence-corrected chi connectivity index (χ3v) is 18.5. The van der Waals surface area contributed by atoms with E-state index in [1.807, 2.05) is 56.9 Å². The second kappa shape index (κ2) is 22.7. The first-order chi connectivity index (χ1) is 37.8. The van der Waals surface area contributed by atoms with E-state index in [1.165, 1.54) is 36.8 Å². The van der Waals surface area contributed by atoms with Gasteiger partial charge in [0.2, 0.25) is 11.8 Å². The zero-order valence-corrected chi connectivity index (χ0v) is 47.7. The smallest absolute Gasteiger partial charge is 0.407 e. The average molecular weight is 1100 g/mol. The molecular formula is C60H76F2N10O6S. The van der Waals surface area contributed by atoms with Gasteiger partial charge in [-0.05, 0) is 152 Å². The van der Waals surface area contributed by atoms with Crippen molar-refractivity contribution in [2.24, 2.45) is 11.8 Å². The van der Waals surface area contributed by atoms with Crippen LogP contribution in [0, 0.1) is 23.5 Å². The van der Waals surface area contributed by atoms with E-state index in [4.69, 9.17) is 19.4 Å². The Bertz CT molecular complexity index is 3070. The summed E-state index contributed by atoms with van der Waals surface area (Å²) in [7, 11) is 1.65. The first-order valence-electron chi connectivity index (χ1n) is 27.9. The number of nitrogens with one attached hydrogen (secondary N) is 4. The normalized spacial score (nSPS) is 21.1. The molecule has 4 aromatic carbocycles. The summed E-state index contributed by atoms with van der Waals surface area (Å²) >= 11 is 0. The molecule has 16 nitrogen and oxygen atoms in total. The molecule has 0 bridgehead atoms. The minimum atomic E-state index is -0.906. The van der Waals surface area contributed by atoms with Crippen molar-refractivity contribution in [1.82, 2.24) is 40.4 Å². The number of likely N-dealkylation sites (tertiary alicyclic amines) is 2. The maximum absolute atomic E-state index is 17.0. The number of anilines is 2. The number of H-pyrrole nitrogens is 2. The first-order valence-corrected chi connectivity index (χ1v) is 30.8. The van der Waals surface area contributed by atoms with Gasteiger partial charge in [0.25, 0.3) is 0 Å². The topological polar surface area (TPSA) is 181 Å². The summed E-state index contributed by atoms with van der Waals surface area (Å²) in [5.74, 6) is -0.345. The number of carbonyl (C=O) groups excluding carboxylic acids is 4. The predicted molar refractivity (Wildman–Crippen MR) is 306 cm³/mol. The summed E-state index contributed by atoms with van der Waals surface area (Å²) in [6.07, 6.45) is 11.4. The number of aromatic nitrogens is 4. The van der Waals surface area contributed by atoms with Crippen LogP contribution in [0.1, 0.15) is 137 Å². The molecule has 6 heterocycles. The molecule has 0 radical (unpaired) electrons. The van der Waals surface area contributed by atoms with Gasteiger partial charge in [-0.2, -0.15) is 0 Å². The average Bonchev–Trinajstić information content (AvgIpc) is 4.51. The van der Waals surface area contributed by atoms with Gasteiger partial charge in [0.1, 0.15) is 29.4 Å². The molecule has 4 amide bonds. The van der Waals surface area contributed by atoms with Crippen molar-refractivity contribution in [1.29, 1.82) is 0 Å². The van der Waals surface area contributed by atoms with E-state index < -0.39 is 45.9 Å². The molecule has 10 rings (SSSR count). The molecule has 19 heteroatoms. The van der Waals surface area contributed by atoms with Gasteiger partial charge in [0, 0.05) is 31.9 Å². The van der Waals surface area contributed by atoms with E-state index in [9.17, 15) is 19.2 Å². The molecule has 4 fully saturated rings. The molecule has 0 saturated carbocycles. The number of benzene rings is 4. The number of fused-ring (bicyclic) bond motifs is 2. The van der Waals surface area contributed by atoms with Gasteiger partial charge in [-0.15, -0.1) is 0 Å². The van der Waals surface area contributed by atoms with Crippen molar-refractivity contribution < 1.29 is 37.4 Å². The largest absolute Gasteiger partial charge is 0.453 e. The molecule has 0 unspecified atom stereocenters. The van der Waals surface area contributed by atoms with Crippen molar-refractivity contribution in [2.45, 2.75) is 126 Å². The van der Waals surface area contributed by atoms with Gasteiger partial charge in [-0.1, -0.05) is 58.0 Å². The molecular weight excluding hydrogens is 1030 g/mol. The van der Waals surface area contributed by atoms with E-state index in [1.54, 1.807) is 9.80 Å². The van der Waals surface area contributed by atoms with Gasteiger partial charge in [0.05, 0.1) is 60.5 Å². The summed E-state index contributed by atoms with van der Waals surface area (Å²) in [5, 5.41) is 5.45. The number of piperidine rings is 1. The number of aromatic amines is 2. The van der Waals surface area contributed by atoms with Crippen molar-refractivity contribution in [2.75, 3.05) is 69.0 Å². The third-order valence-electron chi connectivity index (χ3n) is 16.8. The highest BCUT2D eigenvalue weighted by molar-refractivity contribution is 8.32. The Morgan fingerprint density at radius 1 is 0.608 bits per heavy atom. The number of halogens is 2. The zero-order chi connectivity index (χ0) is 56.0. The second-order valence-electron chi connectivity index (χ2n) is 23.3. The van der Waals surface area contributed by atoms with Crippen LogP contribution in [0.25, 0.3) is 22.1 Å². The molecule has 4 saturated heterocycles.